The van der Waals surface area contributed by atoms with E-state index in [2.05, 4.69) is 26.8 Å². The van der Waals surface area contributed by atoms with Gasteiger partial charge in [-0.25, -0.2) is 0 Å². The quantitative estimate of drug-likeness (QED) is 0.657. The molecular weight excluding hydrogens is 214 g/mol. The third-order valence-electron chi connectivity index (χ3n) is 1.74. The van der Waals surface area contributed by atoms with Crippen LogP contribution < -0.4 is 0 Å². The fourth-order valence-corrected chi connectivity index (χ4v) is 1.54. The van der Waals surface area contributed by atoms with Crippen LogP contribution in [0, 0.1) is 12.3 Å². The minimum atomic E-state index is 0.822. The summed E-state index contributed by atoms with van der Waals surface area (Å²) < 4.78 is 1.06. The molecule has 0 saturated heterocycles. The Hall–Kier alpha value is -1.20. The van der Waals surface area contributed by atoms with Gasteiger partial charge >= 0.3 is 0 Å². The van der Waals surface area contributed by atoms with Crippen molar-refractivity contribution in [3.63, 3.8) is 0 Å². The molecular formula is C10H6BrN. The summed E-state index contributed by atoms with van der Waals surface area (Å²) in [6.07, 6.45) is 5.26. The summed E-state index contributed by atoms with van der Waals surface area (Å²) in [6, 6.07) is 7.99. The third-order valence-corrected chi connectivity index (χ3v) is 2.23. The molecule has 1 aromatic carbocycles. The average molecular weight is 220 g/mol. The number of aromatic amines is 1. The van der Waals surface area contributed by atoms with Crippen LogP contribution in [0.2, 0.25) is 0 Å². The molecule has 0 radical (unpaired) electrons. The molecule has 0 aliphatic rings. The molecule has 0 amide bonds. The zero-order chi connectivity index (χ0) is 8.55. The second kappa shape index (κ2) is 2.69. The Balaban J connectivity index is 2.77. The van der Waals surface area contributed by atoms with E-state index in [-0.39, 0.29) is 0 Å². The van der Waals surface area contributed by atoms with Crippen molar-refractivity contribution >= 4 is 26.8 Å². The summed E-state index contributed by atoms with van der Waals surface area (Å²) in [5, 5.41) is 1.14. The number of hydrogen-bond acceptors (Lipinski definition) is 0. The molecule has 2 aromatic rings. The van der Waals surface area contributed by atoms with Crippen LogP contribution in [0.25, 0.3) is 10.9 Å². The molecule has 2 rings (SSSR count). The van der Waals surface area contributed by atoms with E-state index in [1.165, 1.54) is 0 Å². The van der Waals surface area contributed by atoms with Crippen LogP contribution in [0.4, 0.5) is 0 Å². The van der Waals surface area contributed by atoms with Crippen molar-refractivity contribution in [2.24, 2.45) is 0 Å². The molecule has 0 aliphatic heterocycles. The van der Waals surface area contributed by atoms with E-state index >= 15 is 0 Å². The second-order valence-corrected chi connectivity index (χ2v) is 3.47. The van der Waals surface area contributed by atoms with E-state index in [4.69, 9.17) is 6.42 Å². The minimum absolute atomic E-state index is 0.822. The number of H-pyrrole nitrogens is 1. The van der Waals surface area contributed by atoms with Crippen molar-refractivity contribution in [3.8, 4) is 12.3 Å². The predicted octanol–water partition coefficient (Wildman–Crippen LogP) is 2.91. The lowest BCUT2D eigenvalue weighted by Gasteiger charge is -1.89. The van der Waals surface area contributed by atoms with Crippen LogP contribution in [0.3, 0.4) is 0 Å². The molecule has 1 nitrogen and oxygen atoms in total. The number of rotatable bonds is 0. The van der Waals surface area contributed by atoms with Gasteiger partial charge in [0.25, 0.3) is 0 Å². The Morgan fingerprint density at radius 2 is 2.17 bits per heavy atom. The molecule has 1 heterocycles. The lowest BCUT2D eigenvalue weighted by molar-refractivity contribution is 1.42. The molecule has 0 bridgehead atoms. The Bertz CT molecular complexity index is 462. The third kappa shape index (κ3) is 1.13. The van der Waals surface area contributed by atoms with E-state index in [0.717, 1.165) is 21.1 Å². The first kappa shape index (κ1) is 7.45. The van der Waals surface area contributed by atoms with Crippen molar-refractivity contribution in [2.75, 3.05) is 0 Å². The average Bonchev–Trinajstić information content (AvgIpc) is 2.46. The summed E-state index contributed by atoms with van der Waals surface area (Å²) >= 11 is 3.39. The highest BCUT2D eigenvalue weighted by Gasteiger charge is 1.97. The van der Waals surface area contributed by atoms with E-state index < -0.39 is 0 Å². The molecule has 0 unspecified atom stereocenters. The lowest BCUT2D eigenvalue weighted by Crippen LogP contribution is -1.69. The topological polar surface area (TPSA) is 15.8 Å². The Morgan fingerprint density at radius 1 is 1.33 bits per heavy atom. The molecule has 1 aromatic heterocycles. The van der Waals surface area contributed by atoms with Gasteiger partial charge in [-0.3, -0.25) is 0 Å². The van der Waals surface area contributed by atoms with E-state index in [9.17, 15) is 0 Å². The van der Waals surface area contributed by atoms with Crippen LogP contribution >= 0.6 is 15.9 Å². The molecule has 1 N–H and O–H groups in total. The second-order valence-electron chi connectivity index (χ2n) is 2.56. The van der Waals surface area contributed by atoms with Crippen LogP contribution in [-0.2, 0) is 0 Å². The summed E-state index contributed by atoms with van der Waals surface area (Å²) in [6.45, 7) is 0. The molecule has 0 aliphatic carbocycles. The maximum atomic E-state index is 5.26. The maximum Gasteiger partial charge on any atom is 0.0901 e. The Morgan fingerprint density at radius 3 is 2.92 bits per heavy atom. The maximum absolute atomic E-state index is 5.26. The first-order valence-electron chi connectivity index (χ1n) is 3.54. The highest BCUT2D eigenvalue weighted by Crippen LogP contribution is 2.19. The molecule has 0 spiro atoms. The van der Waals surface area contributed by atoms with Gasteiger partial charge in [-0.2, -0.15) is 0 Å². The molecule has 12 heavy (non-hydrogen) atoms. The first-order chi connectivity index (χ1) is 5.79. The minimum Gasteiger partial charge on any atom is -0.348 e. The number of halogens is 1. The van der Waals surface area contributed by atoms with Crippen molar-refractivity contribution in [1.82, 2.24) is 4.98 Å². The standard InChI is InChI=1S/C10H6BrN/c1-2-9-5-7-3-4-8(11)6-10(7)12-9/h1,3-6,12H. The van der Waals surface area contributed by atoms with Gasteiger partial charge in [0.05, 0.1) is 5.69 Å². The first-order valence-corrected chi connectivity index (χ1v) is 4.34. The summed E-state index contributed by atoms with van der Waals surface area (Å²) in [7, 11) is 0. The highest BCUT2D eigenvalue weighted by atomic mass is 79.9. The molecule has 0 saturated carbocycles. The molecule has 0 fully saturated rings. The Kier molecular flexibility index (Phi) is 1.67. The van der Waals surface area contributed by atoms with Crippen LogP contribution in [0.5, 0.6) is 0 Å². The monoisotopic (exact) mass is 219 g/mol. The Labute approximate surface area is 78.9 Å². The normalized spacial score (nSPS) is 10.0. The number of benzene rings is 1. The van der Waals surface area contributed by atoms with Crippen molar-refractivity contribution in [2.45, 2.75) is 0 Å². The number of nitrogens with one attached hydrogen (secondary N) is 1. The van der Waals surface area contributed by atoms with Gasteiger partial charge in [-0.05, 0) is 18.2 Å². The zero-order valence-electron chi connectivity index (χ0n) is 6.26. The fourth-order valence-electron chi connectivity index (χ4n) is 1.18. The van der Waals surface area contributed by atoms with E-state index in [0.29, 0.717) is 0 Å². The summed E-state index contributed by atoms with van der Waals surface area (Å²) in [5.41, 5.74) is 1.89. The molecule has 2 heteroatoms. The van der Waals surface area contributed by atoms with Gasteiger partial charge < -0.3 is 4.98 Å². The van der Waals surface area contributed by atoms with Crippen LogP contribution in [-0.4, -0.2) is 4.98 Å². The highest BCUT2D eigenvalue weighted by molar-refractivity contribution is 9.10. The summed E-state index contributed by atoms with van der Waals surface area (Å²) in [4.78, 5) is 3.12. The van der Waals surface area contributed by atoms with Crippen molar-refractivity contribution < 1.29 is 0 Å². The number of fused-ring (bicyclic) bond motifs is 1. The largest absolute Gasteiger partial charge is 0.348 e. The number of terminal acetylenes is 1. The predicted molar refractivity (Wildman–Crippen MR) is 53.9 cm³/mol. The summed E-state index contributed by atoms with van der Waals surface area (Å²) in [5.74, 6) is 2.56. The van der Waals surface area contributed by atoms with Crippen LogP contribution in [0.15, 0.2) is 28.7 Å². The smallest absolute Gasteiger partial charge is 0.0901 e. The lowest BCUT2D eigenvalue weighted by atomic mass is 10.2. The van der Waals surface area contributed by atoms with Gasteiger partial charge in [0.2, 0.25) is 0 Å². The zero-order valence-corrected chi connectivity index (χ0v) is 7.85. The van der Waals surface area contributed by atoms with E-state index in [1.807, 2.05) is 24.3 Å². The number of hydrogen-bond donors (Lipinski definition) is 1. The SMILES string of the molecule is C#Cc1cc2ccc(Br)cc2[nH]1. The van der Waals surface area contributed by atoms with Crippen molar-refractivity contribution in [1.29, 1.82) is 0 Å². The van der Waals surface area contributed by atoms with Gasteiger partial charge in [-0.15, -0.1) is 6.42 Å². The fraction of sp³-hybridized carbons (Fsp3) is 0. The van der Waals surface area contributed by atoms with Crippen molar-refractivity contribution in [3.05, 3.63) is 34.4 Å². The van der Waals surface area contributed by atoms with Crippen LogP contribution in [0.1, 0.15) is 5.69 Å². The number of aromatic nitrogens is 1. The molecule has 58 valence electrons. The van der Waals surface area contributed by atoms with Gasteiger partial charge in [-0.1, -0.05) is 27.9 Å². The van der Waals surface area contributed by atoms with E-state index in [1.54, 1.807) is 0 Å². The van der Waals surface area contributed by atoms with Gasteiger partial charge in [0.15, 0.2) is 0 Å². The molecule has 0 atom stereocenters. The van der Waals surface area contributed by atoms with Gasteiger partial charge in [0.1, 0.15) is 0 Å². The van der Waals surface area contributed by atoms with Gasteiger partial charge in [0, 0.05) is 15.4 Å².